The van der Waals surface area contributed by atoms with Crippen molar-refractivity contribution in [1.29, 1.82) is 0 Å². The molecule has 6 rings (SSSR count). The molecule has 0 N–H and O–H groups in total. The number of hydrogen-bond acceptors (Lipinski definition) is 4. The van der Waals surface area contributed by atoms with Gasteiger partial charge in [-0.1, -0.05) is 52.2 Å². The monoisotopic (exact) mass is 664 g/mol. The summed E-state index contributed by atoms with van der Waals surface area (Å²) in [6.45, 7) is 2.26. The van der Waals surface area contributed by atoms with E-state index in [0.717, 1.165) is 49.3 Å². The second kappa shape index (κ2) is 12.1. The Labute approximate surface area is 269 Å². The van der Waals surface area contributed by atoms with Gasteiger partial charge in [-0.25, -0.2) is 0 Å². The van der Waals surface area contributed by atoms with E-state index in [9.17, 15) is 45.5 Å². The molecule has 0 spiro atoms. The molecule has 0 bridgehead atoms. The highest BCUT2D eigenvalue weighted by Crippen LogP contribution is 2.57. The Morgan fingerprint density at radius 2 is 1.02 bits per heavy atom. The van der Waals surface area contributed by atoms with Crippen molar-refractivity contribution >= 4 is 23.6 Å². The second-order valence-corrected chi connectivity index (χ2v) is 13.5. The lowest BCUT2D eigenvalue weighted by atomic mass is 9.71. The van der Waals surface area contributed by atoms with Gasteiger partial charge in [0.2, 0.25) is 5.41 Å². The smallest absolute Gasteiger partial charge is 0.277 e. The Kier molecular flexibility index (Phi) is 8.90. The van der Waals surface area contributed by atoms with Gasteiger partial charge in [-0.15, -0.1) is 0 Å². The van der Waals surface area contributed by atoms with Crippen molar-refractivity contribution in [2.45, 2.75) is 95.9 Å². The molecule has 0 atom stereocenters. The van der Waals surface area contributed by atoms with Crippen LogP contribution in [0.2, 0.25) is 0 Å². The summed E-state index contributed by atoms with van der Waals surface area (Å²) in [4.78, 5) is 53.4. The maximum absolute atomic E-state index is 14.9. The summed E-state index contributed by atoms with van der Waals surface area (Å²) >= 11 is 0. The average Bonchev–Trinajstić information content (AvgIpc) is 3.37. The minimum atomic E-state index is -5.99. The van der Waals surface area contributed by atoms with Crippen LogP contribution in [0.25, 0.3) is 0 Å². The minimum absolute atomic E-state index is 0. The summed E-state index contributed by atoms with van der Waals surface area (Å²) in [5, 5.41) is 0. The maximum Gasteiger partial charge on any atom is 0.411 e. The molecule has 0 saturated heterocycles. The van der Waals surface area contributed by atoms with Gasteiger partial charge in [0.1, 0.15) is 0 Å². The van der Waals surface area contributed by atoms with Gasteiger partial charge in [0.25, 0.3) is 23.6 Å². The largest absolute Gasteiger partial charge is 0.411 e. The van der Waals surface area contributed by atoms with Crippen LogP contribution in [0.15, 0.2) is 36.4 Å². The number of benzene rings is 2. The van der Waals surface area contributed by atoms with Crippen molar-refractivity contribution in [2.24, 2.45) is 17.8 Å². The van der Waals surface area contributed by atoms with Crippen LogP contribution in [0.3, 0.4) is 0 Å². The molecule has 2 fully saturated rings. The first-order valence-electron chi connectivity index (χ1n) is 15.7. The van der Waals surface area contributed by atoms with E-state index in [1.54, 1.807) is 0 Å². The number of alkyl halides is 6. The van der Waals surface area contributed by atoms with Gasteiger partial charge in [-0.2, -0.15) is 26.3 Å². The van der Waals surface area contributed by atoms with Crippen molar-refractivity contribution in [3.63, 3.8) is 0 Å². The number of fused-ring (bicyclic) bond motifs is 2. The molecule has 6 nitrogen and oxygen atoms in total. The van der Waals surface area contributed by atoms with Crippen LogP contribution in [0.4, 0.5) is 26.3 Å². The molecule has 12 heteroatoms. The van der Waals surface area contributed by atoms with Gasteiger partial charge < -0.3 is 0 Å². The molecular formula is C35H38F6N2O4. The molecule has 47 heavy (non-hydrogen) atoms. The number of carbonyl (C=O) groups excluding carboxylic acids is 4. The predicted octanol–water partition coefficient (Wildman–Crippen LogP) is 8.33. The molecule has 0 aromatic heterocycles. The maximum atomic E-state index is 14.9. The summed E-state index contributed by atoms with van der Waals surface area (Å²) in [7, 11) is 1.07. The number of hydrogen-bond donors (Lipinski definition) is 0. The Bertz CT molecular complexity index is 1590. The summed E-state index contributed by atoms with van der Waals surface area (Å²) in [6.07, 6.45) is -3.48. The van der Waals surface area contributed by atoms with E-state index in [2.05, 4.69) is 6.92 Å². The molecule has 2 aromatic rings. The predicted molar refractivity (Wildman–Crippen MR) is 161 cm³/mol. The van der Waals surface area contributed by atoms with Gasteiger partial charge in [-0.3, -0.25) is 29.0 Å². The number of amides is 4. The van der Waals surface area contributed by atoms with Gasteiger partial charge in [0, 0.05) is 13.1 Å². The fourth-order valence-electron chi connectivity index (χ4n) is 8.08. The normalized spacial score (nSPS) is 25.2. The van der Waals surface area contributed by atoms with E-state index in [-0.39, 0.29) is 18.6 Å². The molecule has 2 aliphatic carbocycles. The van der Waals surface area contributed by atoms with Crippen molar-refractivity contribution in [3.8, 4) is 0 Å². The lowest BCUT2D eigenvalue weighted by molar-refractivity contribution is -0.288. The van der Waals surface area contributed by atoms with E-state index in [1.807, 2.05) is 0 Å². The molecule has 2 aromatic carbocycles. The first-order chi connectivity index (χ1) is 21.6. The molecule has 2 saturated carbocycles. The van der Waals surface area contributed by atoms with Crippen LogP contribution in [-0.4, -0.2) is 58.9 Å². The quantitative estimate of drug-likeness (QED) is 0.238. The lowest BCUT2D eigenvalue weighted by Crippen LogP contribution is -2.55. The molecule has 2 aliphatic heterocycles. The standard InChI is InChI=1S/C34H34F6N2O4.CH4/c1-18-3-5-19(6-4-18)15-20-7-11-23(12-8-20)42-30(45)25-14-10-22(17-27(25)31(42)46)32(33(35,36)37,34(38,39)40)21-9-13-24-26(16-21)29(44)41(2)28(24)43;/h9-10,13-14,16-20,23H,3-8,11-12,15H2,1-2H3;1H4. The Morgan fingerprint density at radius 3 is 1.51 bits per heavy atom. The fourth-order valence-corrected chi connectivity index (χ4v) is 8.08. The highest BCUT2D eigenvalue weighted by molar-refractivity contribution is 6.22. The molecule has 4 aliphatic rings. The van der Waals surface area contributed by atoms with Crippen LogP contribution in [-0.2, 0) is 5.41 Å². The molecule has 2 heterocycles. The van der Waals surface area contributed by atoms with E-state index < -0.39 is 69.7 Å². The van der Waals surface area contributed by atoms with Crippen LogP contribution in [0.5, 0.6) is 0 Å². The van der Waals surface area contributed by atoms with Gasteiger partial charge >= 0.3 is 12.4 Å². The van der Waals surface area contributed by atoms with Crippen molar-refractivity contribution in [2.75, 3.05) is 7.05 Å². The lowest BCUT2D eigenvalue weighted by Gasteiger charge is -2.38. The zero-order chi connectivity index (χ0) is 33.3. The Balaban J connectivity index is 0.00000433. The third-order valence-electron chi connectivity index (χ3n) is 10.7. The van der Waals surface area contributed by atoms with Crippen molar-refractivity contribution < 1.29 is 45.5 Å². The third kappa shape index (κ3) is 5.45. The molecule has 0 radical (unpaired) electrons. The van der Waals surface area contributed by atoms with Crippen LogP contribution < -0.4 is 0 Å². The molecule has 254 valence electrons. The number of halogens is 6. The summed E-state index contributed by atoms with van der Waals surface area (Å²) in [5.74, 6) is -1.69. The van der Waals surface area contributed by atoms with Crippen molar-refractivity contribution in [1.82, 2.24) is 9.80 Å². The highest BCUT2D eigenvalue weighted by Gasteiger charge is 2.73. The highest BCUT2D eigenvalue weighted by atomic mass is 19.4. The van der Waals surface area contributed by atoms with Gasteiger partial charge in [-0.05, 0) is 85.3 Å². The zero-order valence-electron chi connectivity index (χ0n) is 25.4. The zero-order valence-corrected chi connectivity index (χ0v) is 25.4. The number of nitrogens with zero attached hydrogens (tertiary/aromatic N) is 2. The molecule has 4 amide bonds. The van der Waals surface area contributed by atoms with E-state index >= 15 is 0 Å². The topological polar surface area (TPSA) is 74.8 Å². The first-order valence-corrected chi connectivity index (χ1v) is 15.7. The van der Waals surface area contributed by atoms with Crippen LogP contribution in [0.1, 0.15) is 125 Å². The molecule has 0 unspecified atom stereocenters. The number of imide groups is 2. The minimum Gasteiger partial charge on any atom is -0.277 e. The van der Waals surface area contributed by atoms with E-state index in [0.29, 0.717) is 53.8 Å². The Hall–Kier alpha value is -3.70. The summed E-state index contributed by atoms with van der Waals surface area (Å²) in [6, 6.07) is 3.19. The van der Waals surface area contributed by atoms with Gasteiger partial charge in [0.05, 0.1) is 22.3 Å². The Morgan fingerprint density at radius 1 is 0.617 bits per heavy atom. The second-order valence-electron chi connectivity index (χ2n) is 13.5. The molecular weight excluding hydrogens is 626 g/mol. The average molecular weight is 665 g/mol. The third-order valence-corrected chi connectivity index (χ3v) is 10.7. The van der Waals surface area contributed by atoms with Gasteiger partial charge in [0.15, 0.2) is 0 Å². The first kappa shape index (κ1) is 34.6. The van der Waals surface area contributed by atoms with E-state index in [1.165, 1.54) is 25.7 Å². The summed E-state index contributed by atoms with van der Waals surface area (Å²) < 4.78 is 89.5. The van der Waals surface area contributed by atoms with Crippen molar-refractivity contribution in [3.05, 3.63) is 69.8 Å². The number of carbonyl (C=O) groups is 4. The van der Waals surface area contributed by atoms with Crippen LogP contribution in [0, 0.1) is 17.8 Å². The fraction of sp³-hybridized carbons (Fsp3) is 0.543. The van der Waals surface area contributed by atoms with E-state index in [4.69, 9.17) is 0 Å². The SMILES string of the molecule is C.CC1CCC(CC2CCC(N3C(=O)c4ccc(C(c5ccc6c(c5)C(=O)N(C)C6=O)(C(F)(F)F)C(F)(F)F)cc4C3=O)CC2)CC1. The van der Waals surface area contributed by atoms with Crippen LogP contribution >= 0.6 is 0 Å². The number of rotatable bonds is 5. The summed E-state index contributed by atoms with van der Waals surface area (Å²) in [5.41, 5.74) is -8.99.